The first-order valence-corrected chi connectivity index (χ1v) is 9.10. The quantitative estimate of drug-likeness (QED) is 0.846. The van der Waals surface area contributed by atoms with Gasteiger partial charge in [0.2, 0.25) is 0 Å². The Morgan fingerprint density at radius 3 is 2.76 bits per heavy atom. The lowest BCUT2D eigenvalue weighted by Crippen LogP contribution is -2.06. The average Bonchev–Trinajstić information content (AvgIpc) is 3.13. The van der Waals surface area contributed by atoms with Crippen LogP contribution in [0.4, 0.5) is 5.82 Å². The van der Waals surface area contributed by atoms with E-state index in [1.54, 1.807) is 0 Å². The number of nitrogens with zero attached hydrogens (tertiary/aromatic N) is 2. The van der Waals surface area contributed by atoms with Crippen molar-refractivity contribution in [1.82, 2.24) is 9.97 Å². The van der Waals surface area contributed by atoms with Gasteiger partial charge in [-0.05, 0) is 44.6 Å². The van der Waals surface area contributed by atoms with Crippen LogP contribution in [-0.2, 0) is 6.42 Å². The molecule has 1 N–H and O–H groups in total. The minimum Gasteiger partial charge on any atom is -0.370 e. The van der Waals surface area contributed by atoms with E-state index in [0.717, 1.165) is 35.4 Å². The van der Waals surface area contributed by atoms with Gasteiger partial charge >= 0.3 is 0 Å². The molecular formula is C17H25N3S. The van der Waals surface area contributed by atoms with Crippen molar-refractivity contribution in [2.75, 3.05) is 11.9 Å². The second-order valence-corrected chi connectivity index (χ2v) is 7.15. The van der Waals surface area contributed by atoms with Crippen LogP contribution >= 0.6 is 11.3 Å². The third-order valence-corrected chi connectivity index (χ3v) is 5.81. The highest BCUT2D eigenvalue weighted by Gasteiger charge is 2.27. The molecule has 0 aliphatic heterocycles. The molecule has 4 heteroatoms. The molecule has 21 heavy (non-hydrogen) atoms. The summed E-state index contributed by atoms with van der Waals surface area (Å²) in [5.74, 6) is 3.53. The summed E-state index contributed by atoms with van der Waals surface area (Å²) < 4.78 is 0. The Labute approximate surface area is 131 Å². The number of aryl methyl sites for hydroxylation is 1. The summed E-state index contributed by atoms with van der Waals surface area (Å²) in [6.07, 6.45) is 6.21. The number of fused-ring (bicyclic) bond motifs is 1. The topological polar surface area (TPSA) is 37.8 Å². The van der Waals surface area contributed by atoms with Crippen LogP contribution in [-0.4, -0.2) is 16.5 Å². The molecule has 0 saturated heterocycles. The largest absolute Gasteiger partial charge is 0.370 e. The third kappa shape index (κ3) is 2.91. The Bertz CT molecular complexity index is 620. The maximum Gasteiger partial charge on any atom is 0.138 e. The van der Waals surface area contributed by atoms with Crippen LogP contribution in [0.15, 0.2) is 6.07 Å². The van der Waals surface area contributed by atoms with Crippen molar-refractivity contribution in [3.63, 3.8) is 0 Å². The minimum absolute atomic E-state index is 0.559. The molecule has 2 aromatic heterocycles. The maximum atomic E-state index is 4.90. The smallest absolute Gasteiger partial charge is 0.138 e. The van der Waals surface area contributed by atoms with Crippen LogP contribution in [0.2, 0.25) is 0 Å². The first-order valence-electron chi connectivity index (χ1n) is 8.29. The number of nitrogens with one attached hydrogen (secondary N) is 1. The Hall–Kier alpha value is -1.16. The third-order valence-electron chi connectivity index (χ3n) is 4.64. The van der Waals surface area contributed by atoms with Gasteiger partial charge in [-0.1, -0.05) is 20.3 Å². The summed E-state index contributed by atoms with van der Waals surface area (Å²) in [6.45, 7) is 7.54. The normalized spacial score (nSPS) is 22.0. The predicted octanol–water partition coefficient (Wildman–Crippen LogP) is 4.98. The molecule has 3 nitrogen and oxygen atoms in total. The summed E-state index contributed by atoms with van der Waals surface area (Å²) in [5.41, 5.74) is 0. The molecule has 0 spiro atoms. The summed E-state index contributed by atoms with van der Waals surface area (Å²) in [6, 6.07) is 2.26. The molecule has 2 aromatic rings. The van der Waals surface area contributed by atoms with Gasteiger partial charge in [0.1, 0.15) is 16.5 Å². The molecule has 2 heterocycles. The average molecular weight is 303 g/mol. The van der Waals surface area contributed by atoms with E-state index >= 15 is 0 Å². The predicted molar refractivity (Wildman–Crippen MR) is 91.3 cm³/mol. The zero-order chi connectivity index (χ0) is 14.8. The van der Waals surface area contributed by atoms with E-state index in [-0.39, 0.29) is 0 Å². The summed E-state index contributed by atoms with van der Waals surface area (Å²) in [4.78, 5) is 12.3. The van der Waals surface area contributed by atoms with Gasteiger partial charge in [-0.25, -0.2) is 9.97 Å². The van der Waals surface area contributed by atoms with E-state index in [0.29, 0.717) is 5.92 Å². The van der Waals surface area contributed by atoms with Gasteiger partial charge < -0.3 is 5.32 Å². The molecule has 0 bridgehead atoms. The molecule has 1 saturated carbocycles. The Kier molecular flexibility index (Phi) is 4.43. The summed E-state index contributed by atoms with van der Waals surface area (Å²) in [7, 11) is 0. The fraction of sp³-hybridized carbons (Fsp3) is 0.647. The van der Waals surface area contributed by atoms with Gasteiger partial charge in [0.25, 0.3) is 0 Å². The maximum absolute atomic E-state index is 4.90. The van der Waals surface area contributed by atoms with Gasteiger partial charge in [-0.2, -0.15) is 0 Å². The highest BCUT2D eigenvalue weighted by molar-refractivity contribution is 7.18. The van der Waals surface area contributed by atoms with E-state index < -0.39 is 0 Å². The van der Waals surface area contributed by atoms with Crippen molar-refractivity contribution >= 4 is 27.4 Å². The van der Waals surface area contributed by atoms with E-state index in [4.69, 9.17) is 9.97 Å². The Balaban J connectivity index is 1.99. The van der Waals surface area contributed by atoms with E-state index in [1.807, 2.05) is 11.3 Å². The first kappa shape index (κ1) is 14.8. The molecular weight excluding hydrogens is 278 g/mol. The van der Waals surface area contributed by atoms with Crippen molar-refractivity contribution in [1.29, 1.82) is 0 Å². The van der Waals surface area contributed by atoms with E-state index in [1.165, 1.54) is 35.9 Å². The molecule has 114 valence electrons. The van der Waals surface area contributed by atoms with Gasteiger partial charge in [-0.3, -0.25) is 0 Å². The van der Waals surface area contributed by atoms with Gasteiger partial charge in [0, 0.05) is 17.3 Å². The number of hydrogen-bond acceptors (Lipinski definition) is 4. The van der Waals surface area contributed by atoms with Crippen LogP contribution in [0, 0.1) is 5.92 Å². The van der Waals surface area contributed by atoms with E-state index in [9.17, 15) is 0 Å². The molecule has 0 amide bonds. The lowest BCUT2D eigenvalue weighted by Gasteiger charge is -2.12. The van der Waals surface area contributed by atoms with Crippen LogP contribution in [0.3, 0.4) is 0 Å². The molecule has 1 aliphatic rings. The van der Waals surface area contributed by atoms with Crippen molar-refractivity contribution in [3.05, 3.63) is 16.8 Å². The second-order valence-electron chi connectivity index (χ2n) is 6.03. The molecule has 1 aliphatic carbocycles. The number of hydrogen-bond donors (Lipinski definition) is 1. The zero-order valence-corrected chi connectivity index (χ0v) is 14.1. The lowest BCUT2D eigenvalue weighted by molar-refractivity contribution is 0.517. The van der Waals surface area contributed by atoms with Crippen LogP contribution in [0.25, 0.3) is 10.2 Å². The number of anilines is 1. The first-order chi connectivity index (χ1) is 10.2. The SMILES string of the molecule is CCNc1nc(C2CCC(CC)C2)nc2sc(CC)cc12. The van der Waals surface area contributed by atoms with Gasteiger partial charge in [-0.15, -0.1) is 11.3 Å². The highest BCUT2D eigenvalue weighted by Crippen LogP contribution is 2.40. The Morgan fingerprint density at radius 2 is 2.10 bits per heavy atom. The van der Waals surface area contributed by atoms with Crippen molar-refractivity contribution < 1.29 is 0 Å². The summed E-state index contributed by atoms with van der Waals surface area (Å²) >= 11 is 1.83. The second kappa shape index (κ2) is 6.30. The van der Waals surface area contributed by atoms with E-state index in [2.05, 4.69) is 32.2 Å². The van der Waals surface area contributed by atoms with Gasteiger partial charge in [0.15, 0.2) is 0 Å². The molecule has 3 rings (SSSR count). The fourth-order valence-corrected chi connectivity index (χ4v) is 4.30. The molecule has 1 fully saturated rings. The molecule has 2 unspecified atom stereocenters. The Morgan fingerprint density at radius 1 is 1.24 bits per heavy atom. The van der Waals surface area contributed by atoms with Crippen molar-refractivity contribution in [3.8, 4) is 0 Å². The zero-order valence-electron chi connectivity index (χ0n) is 13.3. The fourth-order valence-electron chi connectivity index (χ4n) is 3.33. The van der Waals surface area contributed by atoms with Crippen LogP contribution in [0.5, 0.6) is 0 Å². The van der Waals surface area contributed by atoms with Crippen molar-refractivity contribution in [2.24, 2.45) is 5.92 Å². The minimum atomic E-state index is 0.559. The number of rotatable bonds is 5. The van der Waals surface area contributed by atoms with Crippen molar-refractivity contribution in [2.45, 2.75) is 58.8 Å². The number of aromatic nitrogens is 2. The molecule has 0 aromatic carbocycles. The molecule has 0 radical (unpaired) electrons. The summed E-state index contributed by atoms with van der Waals surface area (Å²) in [5, 5.41) is 4.63. The van der Waals surface area contributed by atoms with Gasteiger partial charge in [0.05, 0.1) is 5.39 Å². The standard InChI is InChI=1S/C17H25N3S/c1-4-11-7-8-12(9-11)15-19-16(18-6-3)14-10-13(5-2)21-17(14)20-15/h10-12H,4-9H2,1-3H3,(H,18,19,20). The molecule has 2 atom stereocenters. The highest BCUT2D eigenvalue weighted by atomic mass is 32.1. The van der Waals surface area contributed by atoms with Crippen LogP contribution in [0.1, 0.15) is 63.1 Å². The monoisotopic (exact) mass is 303 g/mol. The number of thiophene rings is 1. The lowest BCUT2D eigenvalue weighted by atomic mass is 10.0. The van der Waals surface area contributed by atoms with Crippen LogP contribution < -0.4 is 5.32 Å².